The summed E-state index contributed by atoms with van der Waals surface area (Å²) in [4.78, 5) is 1.23. The first-order valence-electron chi connectivity index (χ1n) is 7.57. The lowest BCUT2D eigenvalue weighted by Gasteiger charge is -2.09. The third-order valence-corrected chi connectivity index (χ3v) is 3.98. The number of hydrogen-bond acceptors (Lipinski definition) is 5. The molecule has 2 rings (SSSR count). The summed E-state index contributed by atoms with van der Waals surface area (Å²) in [6, 6.07) is 12.3. The van der Waals surface area contributed by atoms with Crippen LogP contribution in [-0.2, 0) is 13.2 Å². The van der Waals surface area contributed by atoms with Crippen molar-refractivity contribution in [2.75, 3.05) is 19.6 Å². The molecular weight excluding hydrogens is 296 g/mol. The number of ether oxygens (including phenoxy) is 1. The van der Waals surface area contributed by atoms with Crippen LogP contribution in [0.5, 0.6) is 5.75 Å². The highest BCUT2D eigenvalue weighted by molar-refractivity contribution is 7.09. The van der Waals surface area contributed by atoms with E-state index in [0.29, 0.717) is 13.2 Å². The lowest BCUT2D eigenvalue weighted by atomic mass is 10.2. The Morgan fingerprint density at radius 3 is 2.59 bits per heavy atom. The topological polar surface area (TPSA) is 53.5 Å². The summed E-state index contributed by atoms with van der Waals surface area (Å²) in [6.07, 6.45) is -0.290. The SMILES string of the molecule is C[C@@H](O)CNCCNCc1ccc(OCc2cccs2)cc1. The number of rotatable bonds is 10. The van der Waals surface area contributed by atoms with Gasteiger partial charge in [0.25, 0.3) is 0 Å². The van der Waals surface area contributed by atoms with Crippen molar-refractivity contribution >= 4 is 11.3 Å². The van der Waals surface area contributed by atoms with Crippen LogP contribution in [0.25, 0.3) is 0 Å². The van der Waals surface area contributed by atoms with Gasteiger partial charge in [0.2, 0.25) is 0 Å². The highest BCUT2D eigenvalue weighted by atomic mass is 32.1. The molecule has 0 amide bonds. The maximum atomic E-state index is 9.12. The van der Waals surface area contributed by atoms with E-state index in [0.717, 1.165) is 25.4 Å². The van der Waals surface area contributed by atoms with Crippen molar-refractivity contribution in [1.82, 2.24) is 10.6 Å². The predicted molar refractivity (Wildman–Crippen MR) is 91.4 cm³/mol. The average Bonchev–Trinajstić information content (AvgIpc) is 3.03. The molecule has 0 spiro atoms. The van der Waals surface area contributed by atoms with Gasteiger partial charge in [0.1, 0.15) is 12.4 Å². The summed E-state index contributed by atoms with van der Waals surface area (Å²) in [5, 5.41) is 17.7. The Morgan fingerprint density at radius 1 is 1.14 bits per heavy atom. The van der Waals surface area contributed by atoms with Crippen molar-refractivity contribution in [1.29, 1.82) is 0 Å². The summed E-state index contributed by atoms with van der Waals surface area (Å²) in [5.41, 5.74) is 1.24. The first-order chi connectivity index (χ1) is 10.7. The quantitative estimate of drug-likeness (QED) is 0.588. The van der Waals surface area contributed by atoms with Gasteiger partial charge in [0.05, 0.1) is 6.10 Å². The Hall–Kier alpha value is -1.40. The lowest BCUT2D eigenvalue weighted by Crippen LogP contribution is -2.31. The molecular formula is C17H24N2O2S. The summed E-state index contributed by atoms with van der Waals surface area (Å²) in [5.74, 6) is 0.899. The van der Waals surface area contributed by atoms with E-state index in [2.05, 4.69) is 34.2 Å². The smallest absolute Gasteiger partial charge is 0.122 e. The molecule has 120 valence electrons. The van der Waals surface area contributed by atoms with Crippen LogP contribution < -0.4 is 15.4 Å². The van der Waals surface area contributed by atoms with E-state index in [1.807, 2.05) is 18.2 Å². The van der Waals surface area contributed by atoms with Crippen molar-refractivity contribution in [2.24, 2.45) is 0 Å². The van der Waals surface area contributed by atoms with E-state index in [1.54, 1.807) is 18.3 Å². The minimum absolute atomic E-state index is 0.290. The van der Waals surface area contributed by atoms with Crippen LogP contribution in [0.15, 0.2) is 41.8 Å². The van der Waals surface area contributed by atoms with Crippen molar-refractivity contribution in [3.63, 3.8) is 0 Å². The first-order valence-corrected chi connectivity index (χ1v) is 8.45. The van der Waals surface area contributed by atoms with E-state index in [1.165, 1.54) is 10.4 Å². The van der Waals surface area contributed by atoms with Crippen LogP contribution in [-0.4, -0.2) is 30.8 Å². The normalized spacial score (nSPS) is 12.3. The maximum Gasteiger partial charge on any atom is 0.122 e. The third-order valence-electron chi connectivity index (χ3n) is 3.13. The molecule has 0 saturated heterocycles. The second-order valence-corrected chi connectivity index (χ2v) is 6.27. The number of benzene rings is 1. The zero-order chi connectivity index (χ0) is 15.6. The molecule has 4 nitrogen and oxygen atoms in total. The fourth-order valence-electron chi connectivity index (χ4n) is 1.97. The molecule has 1 aromatic heterocycles. The van der Waals surface area contributed by atoms with Gasteiger partial charge < -0.3 is 20.5 Å². The van der Waals surface area contributed by atoms with Crippen LogP contribution >= 0.6 is 11.3 Å². The van der Waals surface area contributed by atoms with E-state index in [-0.39, 0.29) is 6.10 Å². The lowest BCUT2D eigenvalue weighted by molar-refractivity contribution is 0.191. The molecule has 0 aliphatic carbocycles. The Bertz CT molecular complexity index is 512. The van der Waals surface area contributed by atoms with Crippen molar-refractivity contribution in [2.45, 2.75) is 26.2 Å². The Balaban J connectivity index is 1.62. The second-order valence-electron chi connectivity index (χ2n) is 5.24. The van der Waals surface area contributed by atoms with E-state index in [4.69, 9.17) is 9.84 Å². The van der Waals surface area contributed by atoms with Crippen LogP contribution in [0.2, 0.25) is 0 Å². The van der Waals surface area contributed by atoms with E-state index in [9.17, 15) is 0 Å². The van der Waals surface area contributed by atoms with Gasteiger partial charge in [0.15, 0.2) is 0 Å². The minimum Gasteiger partial charge on any atom is -0.488 e. The van der Waals surface area contributed by atoms with Gasteiger partial charge in [-0.3, -0.25) is 0 Å². The van der Waals surface area contributed by atoms with Gasteiger partial charge in [-0.05, 0) is 36.1 Å². The van der Waals surface area contributed by atoms with Gasteiger partial charge in [-0.2, -0.15) is 0 Å². The fourth-order valence-corrected chi connectivity index (χ4v) is 2.59. The molecule has 1 aromatic carbocycles. The molecule has 5 heteroatoms. The summed E-state index contributed by atoms with van der Waals surface area (Å²) < 4.78 is 5.74. The molecule has 3 N–H and O–H groups in total. The molecule has 22 heavy (non-hydrogen) atoms. The molecule has 0 radical (unpaired) electrons. The number of hydrogen-bond donors (Lipinski definition) is 3. The van der Waals surface area contributed by atoms with E-state index < -0.39 is 0 Å². The van der Waals surface area contributed by atoms with Crippen molar-refractivity contribution in [3.8, 4) is 5.75 Å². The average molecular weight is 320 g/mol. The van der Waals surface area contributed by atoms with Gasteiger partial charge in [0, 0.05) is 31.1 Å². The molecule has 2 aromatic rings. The fraction of sp³-hybridized carbons (Fsp3) is 0.412. The molecule has 0 bridgehead atoms. The third kappa shape index (κ3) is 6.58. The molecule has 0 aliphatic heterocycles. The van der Waals surface area contributed by atoms with Crippen molar-refractivity contribution in [3.05, 3.63) is 52.2 Å². The molecule has 0 unspecified atom stereocenters. The number of aliphatic hydroxyl groups is 1. The second kappa shape index (κ2) is 9.58. The first kappa shape index (κ1) is 17.0. The number of thiophene rings is 1. The van der Waals surface area contributed by atoms with Crippen LogP contribution in [0.4, 0.5) is 0 Å². The van der Waals surface area contributed by atoms with Crippen LogP contribution in [0.3, 0.4) is 0 Å². The zero-order valence-electron chi connectivity index (χ0n) is 12.9. The number of aliphatic hydroxyl groups excluding tert-OH is 1. The molecule has 1 atom stereocenters. The minimum atomic E-state index is -0.290. The van der Waals surface area contributed by atoms with Crippen molar-refractivity contribution < 1.29 is 9.84 Å². The van der Waals surface area contributed by atoms with Gasteiger partial charge in [-0.1, -0.05) is 18.2 Å². The van der Waals surface area contributed by atoms with Crippen LogP contribution in [0, 0.1) is 0 Å². The van der Waals surface area contributed by atoms with Gasteiger partial charge >= 0.3 is 0 Å². The monoisotopic (exact) mass is 320 g/mol. The predicted octanol–water partition coefficient (Wildman–Crippen LogP) is 2.39. The van der Waals surface area contributed by atoms with Crippen LogP contribution in [0.1, 0.15) is 17.4 Å². The zero-order valence-corrected chi connectivity index (χ0v) is 13.7. The molecule has 0 aliphatic rings. The summed E-state index contributed by atoms with van der Waals surface area (Å²) >= 11 is 1.71. The molecule has 0 fully saturated rings. The molecule has 0 saturated carbocycles. The van der Waals surface area contributed by atoms with E-state index >= 15 is 0 Å². The maximum absolute atomic E-state index is 9.12. The van der Waals surface area contributed by atoms with Gasteiger partial charge in [-0.25, -0.2) is 0 Å². The summed E-state index contributed by atoms with van der Waals surface area (Å²) in [6.45, 7) is 5.61. The Kier molecular flexibility index (Phi) is 7.39. The Labute approximate surface area is 136 Å². The highest BCUT2D eigenvalue weighted by Gasteiger charge is 1.98. The molecule has 1 heterocycles. The van der Waals surface area contributed by atoms with Gasteiger partial charge in [-0.15, -0.1) is 11.3 Å². The largest absolute Gasteiger partial charge is 0.488 e. The summed E-state index contributed by atoms with van der Waals surface area (Å²) in [7, 11) is 0. The highest BCUT2D eigenvalue weighted by Crippen LogP contribution is 2.16. The Morgan fingerprint density at radius 2 is 1.91 bits per heavy atom. The standard InChI is InChI=1S/C17H24N2O2S/c1-14(20)11-18-8-9-19-12-15-4-6-16(7-5-15)21-13-17-3-2-10-22-17/h2-7,10,14,18-20H,8-9,11-13H2,1H3/t14-/m1/s1. The number of nitrogens with one attached hydrogen (secondary N) is 2.